The fourth-order valence-corrected chi connectivity index (χ4v) is 3.84. The lowest BCUT2D eigenvalue weighted by Crippen LogP contribution is -2.47. The lowest BCUT2D eigenvalue weighted by atomic mass is 9.86. The molecule has 26 heavy (non-hydrogen) atoms. The van der Waals surface area contributed by atoms with Crippen molar-refractivity contribution in [2.45, 2.75) is 25.3 Å². The van der Waals surface area contributed by atoms with Crippen LogP contribution in [-0.2, 0) is 16.8 Å². The van der Waals surface area contributed by atoms with E-state index in [1.807, 2.05) is 25.1 Å². The van der Waals surface area contributed by atoms with E-state index < -0.39 is 5.54 Å². The second-order valence-electron chi connectivity index (χ2n) is 7.12. The Labute approximate surface area is 157 Å². The molecular formula is C20H21ClN4O. The normalized spacial score (nSPS) is 22.0. The number of nitrogens with one attached hydrogen (secondary N) is 1. The molecule has 0 saturated carbocycles. The lowest BCUT2D eigenvalue weighted by Gasteiger charge is -2.34. The molecule has 1 atom stereocenters. The van der Waals surface area contributed by atoms with Gasteiger partial charge in [-0.05, 0) is 48.2 Å². The van der Waals surface area contributed by atoms with Gasteiger partial charge in [-0.2, -0.15) is 0 Å². The average Bonchev–Trinajstić information content (AvgIpc) is 3.07. The van der Waals surface area contributed by atoms with Gasteiger partial charge in [0.2, 0.25) is 5.91 Å². The van der Waals surface area contributed by atoms with Crippen molar-refractivity contribution in [3.63, 3.8) is 0 Å². The number of anilines is 1. The van der Waals surface area contributed by atoms with E-state index >= 15 is 0 Å². The van der Waals surface area contributed by atoms with Crippen molar-refractivity contribution in [2.75, 3.05) is 18.9 Å². The molecule has 0 spiro atoms. The monoisotopic (exact) mass is 368 g/mol. The summed E-state index contributed by atoms with van der Waals surface area (Å²) in [7, 11) is 1.64. The van der Waals surface area contributed by atoms with E-state index in [1.165, 1.54) is 10.5 Å². The Bertz CT molecular complexity index is 939. The van der Waals surface area contributed by atoms with Crippen molar-refractivity contribution in [2.24, 2.45) is 10.7 Å². The zero-order chi connectivity index (χ0) is 18.5. The van der Waals surface area contributed by atoms with Crippen molar-refractivity contribution in [1.29, 1.82) is 0 Å². The lowest BCUT2D eigenvalue weighted by molar-refractivity contribution is -0.128. The van der Waals surface area contributed by atoms with Crippen LogP contribution in [0.1, 0.15) is 24.5 Å². The first kappa shape index (κ1) is 16.9. The predicted octanol–water partition coefficient (Wildman–Crippen LogP) is 3.37. The van der Waals surface area contributed by atoms with E-state index in [-0.39, 0.29) is 18.3 Å². The predicted molar refractivity (Wildman–Crippen MR) is 105 cm³/mol. The van der Waals surface area contributed by atoms with E-state index in [1.54, 1.807) is 7.05 Å². The van der Waals surface area contributed by atoms with Crippen molar-refractivity contribution in [3.8, 4) is 11.1 Å². The summed E-state index contributed by atoms with van der Waals surface area (Å²) < 4.78 is 0. The molecule has 2 aliphatic heterocycles. The summed E-state index contributed by atoms with van der Waals surface area (Å²) in [4.78, 5) is 18.2. The Kier molecular flexibility index (Phi) is 3.92. The molecular weight excluding hydrogens is 348 g/mol. The zero-order valence-corrected chi connectivity index (χ0v) is 15.6. The third-order valence-corrected chi connectivity index (χ3v) is 5.62. The molecule has 2 heterocycles. The molecule has 134 valence electrons. The molecule has 0 bridgehead atoms. The number of amides is 1. The standard InChI is InChI=1S/C20H21ClN4O/c1-20(11-18(26)25(2)19(22)24-20)14-5-6-16(21)15(10-14)13-4-3-12-7-8-23-17(12)9-13/h3-6,9-10,23H,7-8,11H2,1-2H3,(H2,22,24). The number of halogens is 1. The minimum Gasteiger partial charge on any atom is -0.384 e. The Morgan fingerprint density at radius 1 is 1.27 bits per heavy atom. The topological polar surface area (TPSA) is 70.7 Å². The molecule has 0 radical (unpaired) electrons. The van der Waals surface area contributed by atoms with Gasteiger partial charge >= 0.3 is 0 Å². The van der Waals surface area contributed by atoms with Crippen LogP contribution in [0.15, 0.2) is 41.4 Å². The number of benzene rings is 2. The summed E-state index contributed by atoms with van der Waals surface area (Å²) in [6.07, 6.45) is 1.32. The third kappa shape index (κ3) is 2.72. The summed E-state index contributed by atoms with van der Waals surface area (Å²) in [6.45, 7) is 2.90. The fourth-order valence-electron chi connectivity index (χ4n) is 3.61. The Morgan fingerprint density at radius 3 is 2.85 bits per heavy atom. The molecule has 0 saturated heterocycles. The molecule has 4 rings (SSSR count). The van der Waals surface area contributed by atoms with Crippen LogP contribution in [0.5, 0.6) is 0 Å². The number of rotatable bonds is 2. The number of hydrogen-bond donors (Lipinski definition) is 2. The van der Waals surface area contributed by atoms with E-state index in [2.05, 4.69) is 28.5 Å². The highest BCUT2D eigenvalue weighted by Crippen LogP contribution is 2.39. The molecule has 0 aliphatic carbocycles. The highest BCUT2D eigenvalue weighted by atomic mass is 35.5. The maximum Gasteiger partial charge on any atom is 0.231 e. The third-order valence-electron chi connectivity index (χ3n) is 5.29. The summed E-state index contributed by atoms with van der Waals surface area (Å²) >= 11 is 6.49. The average molecular weight is 369 g/mol. The summed E-state index contributed by atoms with van der Waals surface area (Å²) in [5, 5.41) is 4.07. The molecule has 2 aliphatic rings. The van der Waals surface area contributed by atoms with Crippen LogP contribution in [0, 0.1) is 0 Å². The molecule has 3 N–H and O–H groups in total. The number of hydrogen-bond acceptors (Lipinski definition) is 4. The second-order valence-corrected chi connectivity index (χ2v) is 7.52. The van der Waals surface area contributed by atoms with Crippen molar-refractivity contribution in [1.82, 2.24) is 4.90 Å². The van der Waals surface area contributed by atoms with Crippen LogP contribution in [0.2, 0.25) is 5.02 Å². The van der Waals surface area contributed by atoms with E-state index in [4.69, 9.17) is 17.3 Å². The highest BCUT2D eigenvalue weighted by Gasteiger charge is 2.36. The van der Waals surface area contributed by atoms with Gasteiger partial charge < -0.3 is 11.1 Å². The summed E-state index contributed by atoms with van der Waals surface area (Å²) in [5.41, 5.74) is 10.6. The first-order valence-corrected chi connectivity index (χ1v) is 9.04. The number of guanidine groups is 1. The van der Waals surface area contributed by atoms with Crippen LogP contribution in [0.4, 0.5) is 5.69 Å². The molecule has 1 amide bonds. The molecule has 0 aromatic heterocycles. The van der Waals surface area contributed by atoms with Gasteiger partial charge in [0, 0.05) is 29.9 Å². The van der Waals surface area contributed by atoms with Gasteiger partial charge in [0.15, 0.2) is 5.96 Å². The maximum atomic E-state index is 12.3. The molecule has 1 unspecified atom stereocenters. The Hall–Kier alpha value is -2.53. The Balaban J connectivity index is 1.79. The van der Waals surface area contributed by atoms with Crippen LogP contribution >= 0.6 is 11.6 Å². The van der Waals surface area contributed by atoms with Crippen LogP contribution < -0.4 is 11.1 Å². The molecule has 2 aromatic rings. The maximum absolute atomic E-state index is 12.3. The van der Waals surface area contributed by atoms with Crippen molar-refractivity contribution in [3.05, 3.63) is 52.5 Å². The fraction of sp³-hybridized carbons (Fsp3) is 0.300. The first-order valence-electron chi connectivity index (χ1n) is 8.66. The van der Waals surface area contributed by atoms with Gasteiger partial charge in [-0.1, -0.05) is 29.8 Å². The van der Waals surface area contributed by atoms with E-state index in [9.17, 15) is 4.79 Å². The molecule has 6 heteroatoms. The first-order chi connectivity index (χ1) is 12.4. The number of aliphatic imine (C=N–C) groups is 1. The van der Waals surface area contributed by atoms with Gasteiger partial charge in [-0.15, -0.1) is 0 Å². The SMILES string of the molecule is CN1C(=O)CC(C)(c2ccc(Cl)c(-c3ccc4c(c3)NCC4)c2)N=C1N. The summed E-state index contributed by atoms with van der Waals surface area (Å²) in [6, 6.07) is 12.2. The van der Waals surface area contributed by atoms with Crippen LogP contribution in [-0.4, -0.2) is 30.4 Å². The Morgan fingerprint density at radius 2 is 2.08 bits per heavy atom. The minimum absolute atomic E-state index is 0.0433. The van der Waals surface area contributed by atoms with Crippen molar-refractivity contribution >= 4 is 29.2 Å². The molecule has 2 aromatic carbocycles. The molecule has 0 fully saturated rings. The number of nitrogens with zero attached hydrogens (tertiary/aromatic N) is 2. The van der Waals surface area contributed by atoms with E-state index in [0.29, 0.717) is 5.02 Å². The minimum atomic E-state index is -0.692. The van der Waals surface area contributed by atoms with Gasteiger partial charge in [0.25, 0.3) is 0 Å². The largest absolute Gasteiger partial charge is 0.384 e. The number of carbonyl (C=O) groups is 1. The quantitative estimate of drug-likeness (QED) is 0.853. The molecule has 5 nitrogen and oxygen atoms in total. The second kappa shape index (κ2) is 6.02. The van der Waals surface area contributed by atoms with Gasteiger partial charge in [-0.3, -0.25) is 9.69 Å². The van der Waals surface area contributed by atoms with Crippen LogP contribution in [0.3, 0.4) is 0 Å². The zero-order valence-electron chi connectivity index (χ0n) is 14.8. The van der Waals surface area contributed by atoms with Gasteiger partial charge in [-0.25, -0.2) is 4.99 Å². The van der Waals surface area contributed by atoms with Gasteiger partial charge in [0.05, 0.1) is 12.0 Å². The van der Waals surface area contributed by atoms with E-state index in [0.717, 1.165) is 35.3 Å². The number of carbonyl (C=O) groups excluding carboxylic acids is 1. The van der Waals surface area contributed by atoms with Crippen LogP contribution in [0.25, 0.3) is 11.1 Å². The number of nitrogens with two attached hydrogens (primary N) is 1. The van der Waals surface area contributed by atoms with Gasteiger partial charge in [0.1, 0.15) is 0 Å². The number of fused-ring (bicyclic) bond motifs is 1. The van der Waals surface area contributed by atoms with Crippen molar-refractivity contribution < 1.29 is 4.79 Å². The summed E-state index contributed by atoms with van der Waals surface area (Å²) in [5.74, 6) is 0.195. The highest BCUT2D eigenvalue weighted by molar-refractivity contribution is 6.33. The smallest absolute Gasteiger partial charge is 0.231 e.